The number of methoxy groups -OCH3 is 1. The summed E-state index contributed by atoms with van der Waals surface area (Å²) in [6.07, 6.45) is 2.73. The molecule has 0 aliphatic rings. The van der Waals surface area contributed by atoms with Gasteiger partial charge in [0.15, 0.2) is 6.29 Å². The molecule has 0 bridgehead atoms. The van der Waals surface area contributed by atoms with E-state index in [9.17, 15) is 4.79 Å². The summed E-state index contributed by atoms with van der Waals surface area (Å²) in [6.45, 7) is 3.68. The van der Waals surface area contributed by atoms with E-state index in [0.29, 0.717) is 25.3 Å². The molecule has 5 nitrogen and oxygen atoms in total. The Morgan fingerprint density at radius 2 is 1.72 bits per heavy atom. The van der Waals surface area contributed by atoms with Gasteiger partial charge >= 0.3 is 0 Å². The van der Waals surface area contributed by atoms with Crippen molar-refractivity contribution < 1.29 is 19.0 Å². The lowest BCUT2D eigenvalue weighted by molar-refractivity contribution is 0.112. The predicted octanol–water partition coefficient (Wildman–Crippen LogP) is 3.94. The summed E-state index contributed by atoms with van der Waals surface area (Å²) in [5.41, 5.74) is 1.64. The summed E-state index contributed by atoms with van der Waals surface area (Å²) >= 11 is 0. The number of rotatable bonds is 8. The van der Waals surface area contributed by atoms with Crippen molar-refractivity contribution >= 4 is 17.2 Å². The highest BCUT2D eigenvalue weighted by Gasteiger charge is 2.09. The van der Waals surface area contributed by atoms with E-state index in [1.54, 1.807) is 7.11 Å². The van der Waals surface area contributed by atoms with Crippen LogP contribution in [0.4, 0.5) is 0 Å². The van der Waals surface area contributed by atoms with Crippen LogP contribution in [-0.4, -0.2) is 31.2 Å². The lowest BCUT2D eigenvalue weighted by Crippen LogP contribution is -2.07. The quantitative estimate of drug-likeness (QED) is 0.583. The first kappa shape index (κ1) is 16.9. The van der Waals surface area contributed by atoms with Gasteiger partial charge in [0.1, 0.15) is 23.9 Å². The lowest BCUT2D eigenvalue weighted by Gasteiger charge is -2.09. The first-order chi connectivity index (χ1) is 12.2. The summed E-state index contributed by atoms with van der Waals surface area (Å²) in [7, 11) is 1.63. The summed E-state index contributed by atoms with van der Waals surface area (Å²) in [6, 6.07) is 13.3. The standard InChI is InChI=1S/C20H21NO4/c1-3-24-18-8-9-20-19(12-18)15(14-22)13-21(20)10-11-25-17-6-4-16(23-2)5-7-17/h4-9,12-14H,3,10-11H2,1-2H3. The molecule has 0 saturated heterocycles. The number of aldehydes is 1. The second-order valence-electron chi connectivity index (χ2n) is 5.53. The number of benzene rings is 2. The number of fused-ring (bicyclic) bond motifs is 1. The minimum atomic E-state index is 0.502. The van der Waals surface area contributed by atoms with Crippen LogP contribution in [-0.2, 0) is 6.54 Å². The molecule has 0 aliphatic carbocycles. The molecule has 2 aromatic carbocycles. The molecule has 130 valence electrons. The SMILES string of the molecule is CCOc1ccc2c(c1)c(C=O)cn2CCOc1ccc(OC)cc1. The van der Waals surface area contributed by atoms with Gasteiger partial charge in [-0.1, -0.05) is 0 Å². The first-order valence-corrected chi connectivity index (χ1v) is 8.23. The number of ether oxygens (including phenoxy) is 3. The van der Waals surface area contributed by atoms with Crippen molar-refractivity contribution in [3.8, 4) is 17.2 Å². The van der Waals surface area contributed by atoms with Crippen molar-refractivity contribution in [2.75, 3.05) is 20.3 Å². The van der Waals surface area contributed by atoms with Crippen molar-refractivity contribution in [2.45, 2.75) is 13.5 Å². The fourth-order valence-electron chi connectivity index (χ4n) is 2.77. The highest BCUT2D eigenvalue weighted by molar-refractivity contribution is 5.98. The topological polar surface area (TPSA) is 49.7 Å². The van der Waals surface area contributed by atoms with Gasteiger partial charge < -0.3 is 18.8 Å². The molecule has 0 spiro atoms. The van der Waals surface area contributed by atoms with Crippen molar-refractivity contribution in [1.29, 1.82) is 0 Å². The van der Waals surface area contributed by atoms with Crippen molar-refractivity contribution in [2.24, 2.45) is 0 Å². The molecule has 25 heavy (non-hydrogen) atoms. The van der Waals surface area contributed by atoms with Gasteiger partial charge in [0.25, 0.3) is 0 Å². The van der Waals surface area contributed by atoms with Gasteiger partial charge in [-0.15, -0.1) is 0 Å². The van der Waals surface area contributed by atoms with E-state index in [0.717, 1.165) is 34.4 Å². The van der Waals surface area contributed by atoms with Crippen LogP contribution >= 0.6 is 0 Å². The maximum atomic E-state index is 11.4. The molecule has 3 rings (SSSR count). The second-order valence-corrected chi connectivity index (χ2v) is 5.53. The fourth-order valence-corrected chi connectivity index (χ4v) is 2.77. The zero-order valence-corrected chi connectivity index (χ0v) is 14.4. The predicted molar refractivity (Wildman–Crippen MR) is 97.0 cm³/mol. The highest BCUT2D eigenvalue weighted by atomic mass is 16.5. The summed E-state index contributed by atoms with van der Waals surface area (Å²) < 4.78 is 18.5. The Bertz CT molecular complexity index is 852. The van der Waals surface area contributed by atoms with Crippen LogP contribution in [0, 0.1) is 0 Å². The first-order valence-electron chi connectivity index (χ1n) is 8.23. The second kappa shape index (κ2) is 7.75. The third-order valence-electron chi connectivity index (χ3n) is 3.98. The van der Waals surface area contributed by atoms with Gasteiger partial charge in [0, 0.05) is 22.7 Å². The molecule has 5 heteroatoms. The molecule has 0 N–H and O–H groups in total. The average molecular weight is 339 g/mol. The van der Waals surface area contributed by atoms with Crippen LogP contribution in [0.1, 0.15) is 17.3 Å². The molecular weight excluding hydrogens is 318 g/mol. The molecule has 3 aromatic rings. The molecule has 0 aliphatic heterocycles. The Labute approximate surface area is 146 Å². The van der Waals surface area contributed by atoms with E-state index in [1.807, 2.05) is 60.2 Å². The van der Waals surface area contributed by atoms with Crippen molar-refractivity contribution in [3.63, 3.8) is 0 Å². The van der Waals surface area contributed by atoms with Gasteiger partial charge in [0.05, 0.1) is 20.3 Å². The Balaban J connectivity index is 1.73. The van der Waals surface area contributed by atoms with Gasteiger partial charge in [-0.3, -0.25) is 4.79 Å². The van der Waals surface area contributed by atoms with Crippen LogP contribution in [0.3, 0.4) is 0 Å². The molecule has 0 unspecified atom stereocenters. The van der Waals surface area contributed by atoms with Crippen molar-refractivity contribution in [3.05, 3.63) is 54.2 Å². The summed E-state index contributed by atoms with van der Waals surface area (Å²) in [5, 5.41) is 0.894. The maximum absolute atomic E-state index is 11.4. The van der Waals surface area contributed by atoms with Gasteiger partial charge in [-0.2, -0.15) is 0 Å². The Morgan fingerprint density at radius 3 is 2.40 bits per heavy atom. The number of hydrogen-bond donors (Lipinski definition) is 0. The number of aromatic nitrogens is 1. The molecule has 0 atom stereocenters. The van der Waals surface area contributed by atoms with Gasteiger partial charge in [0.2, 0.25) is 0 Å². The monoisotopic (exact) mass is 339 g/mol. The number of nitrogens with zero attached hydrogens (tertiary/aromatic N) is 1. The minimum absolute atomic E-state index is 0.502. The van der Waals surface area contributed by atoms with E-state index in [4.69, 9.17) is 14.2 Å². The Hall–Kier alpha value is -2.95. The van der Waals surface area contributed by atoms with Crippen LogP contribution in [0.25, 0.3) is 10.9 Å². The zero-order valence-electron chi connectivity index (χ0n) is 14.4. The molecule has 0 amide bonds. The Morgan fingerprint density at radius 1 is 1.00 bits per heavy atom. The van der Waals surface area contributed by atoms with E-state index in [2.05, 4.69) is 0 Å². The van der Waals surface area contributed by atoms with E-state index >= 15 is 0 Å². The molecule has 0 fully saturated rings. The Kier molecular flexibility index (Phi) is 5.23. The molecule has 1 heterocycles. The van der Waals surface area contributed by atoms with E-state index < -0.39 is 0 Å². The summed E-state index contributed by atoms with van der Waals surface area (Å²) in [5.74, 6) is 2.35. The molecule has 0 saturated carbocycles. The van der Waals surface area contributed by atoms with Crippen LogP contribution in [0.2, 0.25) is 0 Å². The fraction of sp³-hybridized carbons (Fsp3) is 0.250. The van der Waals surface area contributed by atoms with Crippen LogP contribution in [0.15, 0.2) is 48.7 Å². The molecule has 0 radical (unpaired) electrons. The third kappa shape index (κ3) is 3.76. The van der Waals surface area contributed by atoms with Gasteiger partial charge in [-0.25, -0.2) is 0 Å². The third-order valence-corrected chi connectivity index (χ3v) is 3.98. The molecule has 1 aromatic heterocycles. The van der Waals surface area contributed by atoms with Gasteiger partial charge in [-0.05, 0) is 49.4 Å². The zero-order chi connectivity index (χ0) is 17.6. The van der Waals surface area contributed by atoms with Crippen molar-refractivity contribution in [1.82, 2.24) is 4.57 Å². The van der Waals surface area contributed by atoms with Crippen LogP contribution in [0.5, 0.6) is 17.2 Å². The maximum Gasteiger partial charge on any atom is 0.152 e. The number of hydrogen-bond acceptors (Lipinski definition) is 4. The smallest absolute Gasteiger partial charge is 0.152 e. The number of carbonyl (C=O) groups is 1. The average Bonchev–Trinajstić information content (AvgIpc) is 3.00. The largest absolute Gasteiger partial charge is 0.497 e. The highest BCUT2D eigenvalue weighted by Crippen LogP contribution is 2.25. The minimum Gasteiger partial charge on any atom is -0.497 e. The van der Waals surface area contributed by atoms with E-state index in [1.165, 1.54) is 0 Å². The molecular formula is C20H21NO4. The number of carbonyl (C=O) groups excluding carboxylic acids is 1. The van der Waals surface area contributed by atoms with Crippen LogP contribution < -0.4 is 14.2 Å². The normalized spacial score (nSPS) is 10.6. The summed E-state index contributed by atoms with van der Waals surface area (Å²) in [4.78, 5) is 11.4. The lowest BCUT2D eigenvalue weighted by atomic mass is 10.2. The van der Waals surface area contributed by atoms with E-state index in [-0.39, 0.29) is 0 Å².